The molecule has 0 nitrogen and oxygen atoms in total. The van der Waals surface area contributed by atoms with Crippen LogP contribution < -0.4 is 0 Å². The van der Waals surface area contributed by atoms with E-state index < -0.39 is 0 Å². The van der Waals surface area contributed by atoms with Gasteiger partial charge in [-0.15, -0.1) is 0 Å². The molecule has 0 radical (unpaired) electrons. The lowest BCUT2D eigenvalue weighted by atomic mass is 9.48. The van der Waals surface area contributed by atoms with E-state index in [0.717, 1.165) is 5.92 Å². The number of hydrogen-bond donors (Lipinski definition) is 0. The van der Waals surface area contributed by atoms with Crippen LogP contribution in [0.2, 0.25) is 0 Å². The van der Waals surface area contributed by atoms with Crippen LogP contribution in [-0.4, -0.2) is 0 Å². The summed E-state index contributed by atoms with van der Waals surface area (Å²) >= 11 is 0. The van der Waals surface area contributed by atoms with E-state index in [1.807, 2.05) is 0 Å². The van der Waals surface area contributed by atoms with Crippen LogP contribution in [-0.2, 0) is 17.3 Å². The van der Waals surface area contributed by atoms with Gasteiger partial charge in [0.25, 0.3) is 0 Å². The normalized spacial score (nSPS) is 30.8. The summed E-state index contributed by atoms with van der Waals surface area (Å²) < 4.78 is 0. The molecule has 0 saturated heterocycles. The van der Waals surface area contributed by atoms with Gasteiger partial charge in [-0.1, -0.05) is 76.6 Å². The monoisotopic (exact) mass is 346 g/mol. The third-order valence-corrected chi connectivity index (χ3v) is 7.80. The Labute approximate surface area is 160 Å². The van der Waals surface area contributed by atoms with Crippen molar-refractivity contribution >= 4 is 0 Å². The Morgan fingerprint density at radius 3 is 2.31 bits per heavy atom. The van der Waals surface area contributed by atoms with Crippen molar-refractivity contribution in [3.63, 3.8) is 0 Å². The highest BCUT2D eigenvalue weighted by Crippen LogP contribution is 2.58. The van der Waals surface area contributed by atoms with Gasteiger partial charge in [-0.2, -0.15) is 0 Å². The first kappa shape index (κ1) is 17.8. The van der Waals surface area contributed by atoms with Crippen molar-refractivity contribution in [3.05, 3.63) is 70.3 Å². The van der Waals surface area contributed by atoms with Gasteiger partial charge in [0.05, 0.1) is 0 Å². The number of fused-ring (bicyclic) bond motifs is 3. The highest BCUT2D eigenvalue weighted by atomic mass is 14.6. The van der Waals surface area contributed by atoms with E-state index in [1.54, 1.807) is 16.7 Å². The van der Waals surface area contributed by atoms with Crippen LogP contribution in [0, 0.1) is 12.8 Å². The highest BCUT2D eigenvalue weighted by Gasteiger charge is 2.52. The molecule has 138 valence electrons. The third kappa shape index (κ3) is 2.56. The van der Waals surface area contributed by atoms with Gasteiger partial charge >= 0.3 is 0 Å². The zero-order chi connectivity index (χ0) is 18.5. The first-order chi connectivity index (χ1) is 12.4. The lowest BCUT2D eigenvalue weighted by molar-refractivity contribution is 0.0848. The molecule has 4 rings (SSSR count). The first-order valence-corrected chi connectivity index (χ1v) is 10.6. The van der Waals surface area contributed by atoms with Crippen LogP contribution in [0.25, 0.3) is 0 Å². The standard InChI is InChI=1S/C26H34/c1-18(2)20-11-13-23-21(17-20)12-14-24-25(4,15-8-16-26(23,24)5)22-10-7-6-9-19(22)3/h6-7,9-11,13,17-18,24H,8,12,14-16H2,1-5H3/t24-,25+,26+/m0/s1. The molecule has 2 aliphatic rings. The summed E-state index contributed by atoms with van der Waals surface area (Å²) in [6.07, 6.45) is 6.58. The second-order valence-corrected chi connectivity index (χ2v) is 9.67. The molecule has 0 unspecified atom stereocenters. The van der Waals surface area contributed by atoms with E-state index in [9.17, 15) is 0 Å². The SMILES string of the molecule is Cc1ccccc1[C@@]1(C)CCC[C@]2(C)c3ccc(C(C)C)cc3CC[C@@H]12. The van der Waals surface area contributed by atoms with Crippen molar-refractivity contribution < 1.29 is 0 Å². The molecular formula is C26H34. The summed E-state index contributed by atoms with van der Waals surface area (Å²) in [4.78, 5) is 0. The Morgan fingerprint density at radius 1 is 0.923 bits per heavy atom. The zero-order valence-corrected chi connectivity index (χ0v) is 17.2. The van der Waals surface area contributed by atoms with Gasteiger partial charge in [-0.3, -0.25) is 0 Å². The lowest BCUT2D eigenvalue weighted by Crippen LogP contribution is -2.51. The van der Waals surface area contributed by atoms with E-state index in [2.05, 4.69) is 77.1 Å². The number of aryl methyl sites for hydroxylation is 2. The predicted octanol–water partition coefficient (Wildman–Crippen LogP) is 7.08. The quantitative estimate of drug-likeness (QED) is 0.545. The minimum absolute atomic E-state index is 0.298. The summed E-state index contributed by atoms with van der Waals surface area (Å²) in [6, 6.07) is 16.5. The third-order valence-electron chi connectivity index (χ3n) is 7.80. The maximum atomic E-state index is 2.57. The smallest absolute Gasteiger partial charge is 0.00358 e. The fraction of sp³-hybridized carbons (Fsp3) is 0.538. The van der Waals surface area contributed by atoms with Crippen LogP contribution in [0.4, 0.5) is 0 Å². The number of benzene rings is 2. The fourth-order valence-electron chi connectivity index (χ4n) is 6.41. The van der Waals surface area contributed by atoms with Crippen molar-refractivity contribution in [2.75, 3.05) is 0 Å². The fourth-order valence-corrected chi connectivity index (χ4v) is 6.41. The van der Waals surface area contributed by atoms with Crippen LogP contribution in [0.3, 0.4) is 0 Å². The van der Waals surface area contributed by atoms with E-state index in [4.69, 9.17) is 0 Å². The van der Waals surface area contributed by atoms with Gasteiger partial charge < -0.3 is 0 Å². The molecule has 3 atom stereocenters. The van der Waals surface area contributed by atoms with E-state index in [1.165, 1.54) is 43.2 Å². The maximum absolute atomic E-state index is 2.57. The Morgan fingerprint density at radius 2 is 1.62 bits per heavy atom. The molecule has 0 bridgehead atoms. The van der Waals surface area contributed by atoms with Crippen molar-refractivity contribution in [2.24, 2.45) is 5.92 Å². The van der Waals surface area contributed by atoms with Gasteiger partial charge in [0.2, 0.25) is 0 Å². The average Bonchev–Trinajstić information content (AvgIpc) is 2.61. The minimum Gasteiger partial charge on any atom is -0.0620 e. The second-order valence-electron chi connectivity index (χ2n) is 9.67. The van der Waals surface area contributed by atoms with Crippen LogP contribution >= 0.6 is 0 Å². The molecule has 0 amide bonds. The van der Waals surface area contributed by atoms with Gasteiger partial charge in [0.1, 0.15) is 0 Å². The van der Waals surface area contributed by atoms with Crippen molar-refractivity contribution in [1.29, 1.82) is 0 Å². The number of rotatable bonds is 2. The molecule has 26 heavy (non-hydrogen) atoms. The predicted molar refractivity (Wildman–Crippen MR) is 112 cm³/mol. The largest absolute Gasteiger partial charge is 0.0620 e. The van der Waals surface area contributed by atoms with E-state index in [-0.39, 0.29) is 0 Å². The molecule has 2 aromatic rings. The lowest BCUT2D eigenvalue weighted by Gasteiger charge is -2.56. The topological polar surface area (TPSA) is 0 Å². The number of hydrogen-bond acceptors (Lipinski definition) is 0. The highest BCUT2D eigenvalue weighted by molar-refractivity contribution is 5.45. The molecule has 0 heterocycles. The summed E-state index contributed by atoms with van der Waals surface area (Å²) in [5, 5.41) is 0. The maximum Gasteiger partial charge on any atom is -0.00358 e. The average molecular weight is 347 g/mol. The van der Waals surface area contributed by atoms with Gasteiger partial charge in [-0.05, 0) is 83.1 Å². The molecule has 2 aromatic carbocycles. The summed E-state index contributed by atoms with van der Waals surface area (Å²) in [7, 11) is 0. The summed E-state index contributed by atoms with van der Waals surface area (Å²) in [5.74, 6) is 1.36. The molecule has 0 heteroatoms. The molecular weight excluding hydrogens is 312 g/mol. The Balaban J connectivity index is 1.81. The van der Waals surface area contributed by atoms with Gasteiger partial charge in [-0.25, -0.2) is 0 Å². The first-order valence-electron chi connectivity index (χ1n) is 10.6. The van der Waals surface area contributed by atoms with Gasteiger partial charge in [0.15, 0.2) is 0 Å². The second kappa shape index (κ2) is 6.25. The molecule has 0 aliphatic heterocycles. The molecule has 0 N–H and O–H groups in total. The van der Waals surface area contributed by atoms with Crippen molar-refractivity contribution in [2.45, 2.75) is 83.5 Å². The minimum atomic E-state index is 0.298. The molecule has 0 spiro atoms. The van der Waals surface area contributed by atoms with E-state index >= 15 is 0 Å². The van der Waals surface area contributed by atoms with E-state index in [0.29, 0.717) is 16.7 Å². The van der Waals surface area contributed by atoms with Crippen molar-refractivity contribution in [3.8, 4) is 0 Å². The van der Waals surface area contributed by atoms with Crippen LogP contribution in [0.15, 0.2) is 42.5 Å². The molecule has 0 aromatic heterocycles. The Bertz CT molecular complexity index is 815. The molecule has 1 fully saturated rings. The summed E-state index contributed by atoms with van der Waals surface area (Å²) in [6.45, 7) is 12.1. The summed E-state index contributed by atoms with van der Waals surface area (Å²) in [5.41, 5.74) is 8.47. The van der Waals surface area contributed by atoms with Crippen molar-refractivity contribution in [1.82, 2.24) is 0 Å². The molecule has 2 aliphatic carbocycles. The van der Waals surface area contributed by atoms with Gasteiger partial charge in [0, 0.05) is 0 Å². The zero-order valence-electron chi connectivity index (χ0n) is 17.2. The Kier molecular flexibility index (Phi) is 4.29. The van der Waals surface area contributed by atoms with Crippen LogP contribution in [0.5, 0.6) is 0 Å². The van der Waals surface area contributed by atoms with Crippen LogP contribution in [0.1, 0.15) is 87.1 Å². The Hall–Kier alpha value is -1.56. The molecule has 1 saturated carbocycles.